The van der Waals surface area contributed by atoms with Gasteiger partial charge < -0.3 is 4.74 Å². The summed E-state index contributed by atoms with van der Waals surface area (Å²) in [5.41, 5.74) is 0. The molecule has 2 atom stereocenters. The Hall–Kier alpha value is -0.860. The van der Waals surface area contributed by atoms with Crippen molar-refractivity contribution in [1.29, 1.82) is 0 Å². The SMILES string of the molecule is COC(=O)CCCCCCCCCCC1CCC(C)CC1=O. The van der Waals surface area contributed by atoms with Crippen LogP contribution in [0.1, 0.15) is 90.4 Å². The van der Waals surface area contributed by atoms with Crippen LogP contribution in [0.25, 0.3) is 0 Å². The first-order valence-corrected chi connectivity index (χ1v) is 9.23. The van der Waals surface area contributed by atoms with Crippen LogP contribution in [0.3, 0.4) is 0 Å². The minimum atomic E-state index is -0.0911. The number of carbonyl (C=O) groups excluding carboxylic acids is 2. The highest BCUT2D eigenvalue weighted by atomic mass is 16.5. The van der Waals surface area contributed by atoms with Gasteiger partial charge in [-0.1, -0.05) is 51.9 Å². The van der Waals surface area contributed by atoms with Crippen LogP contribution in [-0.4, -0.2) is 18.9 Å². The van der Waals surface area contributed by atoms with Crippen LogP contribution in [0.5, 0.6) is 0 Å². The van der Waals surface area contributed by atoms with Crippen LogP contribution in [-0.2, 0) is 14.3 Å². The fraction of sp³-hybridized carbons (Fsp3) is 0.895. The largest absolute Gasteiger partial charge is 0.469 e. The van der Waals surface area contributed by atoms with Crippen molar-refractivity contribution in [3.8, 4) is 0 Å². The zero-order chi connectivity index (χ0) is 16.2. The molecule has 0 heterocycles. The molecule has 0 bridgehead atoms. The van der Waals surface area contributed by atoms with Gasteiger partial charge in [0, 0.05) is 18.8 Å². The Labute approximate surface area is 136 Å². The van der Waals surface area contributed by atoms with E-state index < -0.39 is 0 Å². The zero-order valence-corrected chi connectivity index (χ0v) is 14.6. The average Bonchev–Trinajstić information content (AvgIpc) is 2.50. The van der Waals surface area contributed by atoms with E-state index >= 15 is 0 Å². The van der Waals surface area contributed by atoms with Crippen LogP contribution >= 0.6 is 0 Å². The molecule has 0 saturated heterocycles. The Morgan fingerprint density at radius 3 is 2.18 bits per heavy atom. The summed E-state index contributed by atoms with van der Waals surface area (Å²) in [5.74, 6) is 1.41. The van der Waals surface area contributed by atoms with Gasteiger partial charge in [0.15, 0.2) is 0 Å². The lowest BCUT2D eigenvalue weighted by Gasteiger charge is -2.24. The Kier molecular flexibility index (Phi) is 10.2. The van der Waals surface area contributed by atoms with E-state index in [-0.39, 0.29) is 5.97 Å². The summed E-state index contributed by atoms with van der Waals surface area (Å²) < 4.78 is 4.62. The maximum atomic E-state index is 11.9. The van der Waals surface area contributed by atoms with Gasteiger partial charge in [0.2, 0.25) is 0 Å². The molecule has 0 aliphatic heterocycles. The predicted molar refractivity (Wildman–Crippen MR) is 89.7 cm³/mol. The third-order valence-electron chi connectivity index (χ3n) is 4.92. The first kappa shape index (κ1) is 19.2. The highest BCUT2D eigenvalue weighted by Crippen LogP contribution is 2.29. The van der Waals surface area contributed by atoms with Crippen molar-refractivity contribution in [2.45, 2.75) is 90.4 Å². The van der Waals surface area contributed by atoms with E-state index in [9.17, 15) is 9.59 Å². The monoisotopic (exact) mass is 310 g/mol. The van der Waals surface area contributed by atoms with Gasteiger partial charge in [0.05, 0.1) is 7.11 Å². The molecule has 0 N–H and O–H groups in total. The zero-order valence-electron chi connectivity index (χ0n) is 14.6. The Bertz CT molecular complexity index is 325. The summed E-state index contributed by atoms with van der Waals surface area (Å²) in [6, 6.07) is 0. The lowest BCUT2D eigenvalue weighted by atomic mass is 9.79. The number of unbranched alkanes of at least 4 members (excludes halogenated alkanes) is 7. The molecule has 1 aliphatic rings. The second-order valence-corrected chi connectivity index (χ2v) is 6.99. The molecule has 0 spiro atoms. The molecule has 0 aromatic carbocycles. The van der Waals surface area contributed by atoms with Crippen molar-refractivity contribution < 1.29 is 14.3 Å². The molecule has 0 aromatic rings. The van der Waals surface area contributed by atoms with Gasteiger partial charge in [-0.05, 0) is 31.6 Å². The Morgan fingerprint density at radius 1 is 1.00 bits per heavy atom. The third kappa shape index (κ3) is 8.55. The van der Waals surface area contributed by atoms with E-state index in [1.165, 1.54) is 52.1 Å². The smallest absolute Gasteiger partial charge is 0.305 e. The molecule has 1 fully saturated rings. The second kappa shape index (κ2) is 11.7. The molecule has 1 saturated carbocycles. The molecule has 3 heteroatoms. The number of rotatable bonds is 11. The number of methoxy groups -OCH3 is 1. The highest BCUT2D eigenvalue weighted by Gasteiger charge is 2.25. The van der Waals surface area contributed by atoms with Crippen molar-refractivity contribution in [3.05, 3.63) is 0 Å². The highest BCUT2D eigenvalue weighted by molar-refractivity contribution is 5.81. The van der Waals surface area contributed by atoms with Crippen molar-refractivity contribution in [2.75, 3.05) is 7.11 Å². The minimum Gasteiger partial charge on any atom is -0.469 e. The molecular weight excluding hydrogens is 276 g/mol. The van der Waals surface area contributed by atoms with Gasteiger partial charge in [0.1, 0.15) is 5.78 Å². The van der Waals surface area contributed by atoms with Gasteiger partial charge in [-0.2, -0.15) is 0 Å². The second-order valence-electron chi connectivity index (χ2n) is 6.99. The topological polar surface area (TPSA) is 43.4 Å². The maximum absolute atomic E-state index is 11.9. The van der Waals surface area contributed by atoms with Gasteiger partial charge >= 0.3 is 5.97 Å². The van der Waals surface area contributed by atoms with Crippen LogP contribution in [0.2, 0.25) is 0 Å². The molecule has 128 valence electrons. The number of carbonyl (C=O) groups is 2. The molecular formula is C19H34O3. The van der Waals surface area contributed by atoms with E-state index in [1.54, 1.807) is 0 Å². The molecule has 0 radical (unpaired) electrons. The van der Waals surface area contributed by atoms with Crippen LogP contribution in [0, 0.1) is 11.8 Å². The number of hydrogen-bond acceptors (Lipinski definition) is 3. The van der Waals surface area contributed by atoms with Crippen molar-refractivity contribution in [3.63, 3.8) is 0 Å². The van der Waals surface area contributed by atoms with Crippen LogP contribution < -0.4 is 0 Å². The Balaban J connectivity index is 1.86. The van der Waals surface area contributed by atoms with Gasteiger partial charge in [-0.15, -0.1) is 0 Å². The lowest BCUT2D eigenvalue weighted by Crippen LogP contribution is -2.23. The summed E-state index contributed by atoms with van der Waals surface area (Å²) in [7, 11) is 1.45. The van der Waals surface area contributed by atoms with Crippen molar-refractivity contribution in [1.82, 2.24) is 0 Å². The first-order chi connectivity index (χ1) is 10.6. The van der Waals surface area contributed by atoms with E-state index in [0.717, 1.165) is 32.1 Å². The van der Waals surface area contributed by atoms with E-state index in [0.29, 0.717) is 24.0 Å². The van der Waals surface area contributed by atoms with Gasteiger partial charge in [-0.25, -0.2) is 0 Å². The van der Waals surface area contributed by atoms with Crippen LogP contribution in [0.15, 0.2) is 0 Å². The van der Waals surface area contributed by atoms with Crippen molar-refractivity contribution in [2.24, 2.45) is 11.8 Å². The molecule has 0 aromatic heterocycles. The molecule has 1 aliphatic carbocycles. The van der Waals surface area contributed by atoms with E-state index in [2.05, 4.69) is 11.7 Å². The number of hydrogen-bond donors (Lipinski definition) is 0. The summed E-state index contributed by atoms with van der Waals surface area (Å²) in [5, 5.41) is 0. The minimum absolute atomic E-state index is 0.0911. The maximum Gasteiger partial charge on any atom is 0.305 e. The average molecular weight is 310 g/mol. The molecule has 0 amide bonds. The molecule has 2 unspecified atom stereocenters. The summed E-state index contributed by atoms with van der Waals surface area (Å²) in [4.78, 5) is 22.9. The van der Waals surface area contributed by atoms with Crippen molar-refractivity contribution >= 4 is 11.8 Å². The molecule has 1 rings (SSSR count). The summed E-state index contributed by atoms with van der Waals surface area (Å²) >= 11 is 0. The third-order valence-corrected chi connectivity index (χ3v) is 4.92. The fourth-order valence-corrected chi connectivity index (χ4v) is 3.39. The normalized spacial score (nSPS) is 21.8. The number of ether oxygens (including phenoxy) is 1. The number of esters is 1. The van der Waals surface area contributed by atoms with E-state index in [4.69, 9.17) is 0 Å². The first-order valence-electron chi connectivity index (χ1n) is 9.23. The van der Waals surface area contributed by atoms with Gasteiger partial charge in [-0.3, -0.25) is 9.59 Å². The molecule has 22 heavy (non-hydrogen) atoms. The Morgan fingerprint density at radius 2 is 1.59 bits per heavy atom. The summed E-state index contributed by atoms with van der Waals surface area (Å²) in [6.45, 7) is 2.19. The van der Waals surface area contributed by atoms with Crippen LogP contribution in [0.4, 0.5) is 0 Å². The fourth-order valence-electron chi connectivity index (χ4n) is 3.39. The quantitative estimate of drug-likeness (QED) is 0.395. The summed E-state index contributed by atoms with van der Waals surface area (Å²) in [6.07, 6.45) is 14.5. The standard InChI is InChI=1S/C19H34O3/c1-16-13-14-17(18(20)15-16)11-9-7-5-3-4-6-8-10-12-19(21)22-2/h16-17H,3-15H2,1-2H3. The number of Topliss-reactive ketones (excluding diaryl/α,β-unsaturated/α-hetero) is 1. The van der Waals surface area contributed by atoms with E-state index in [1.807, 2.05) is 0 Å². The van der Waals surface area contributed by atoms with Gasteiger partial charge in [0.25, 0.3) is 0 Å². The predicted octanol–water partition coefficient (Wildman–Crippen LogP) is 5.07. The number of ketones is 1. The molecule has 3 nitrogen and oxygen atoms in total. The lowest BCUT2D eigenvalue weighted by molar-refractivity contribution is -0.140.